The van der Waals surface area contributed by atoms with Crippen molar-refractivity contribution in [2.24, 2.45) is 0 Å². The molecule has 126 valence electrons. The van der Waals surface area contributed by atoms with Crippen molar-refractivity contribution in [1.29, 1.82) is 0 Å². The Morgan fingerprint density at radius 1 is 1.17 bits per heavy atom. The van der Waals surface area contributed by atoms with E-state index in [0.717, 1.165) is 45.4 Å². The first-order valence-corrected chi connectivity index (χ1v) is 8.78. The van der Waals surface area contributed by atoms with E-state index < -0.39 is 0 Å². The number of nitrogens with one attached hydrogen (secondary N) is 2. The molecule has 0 atom stereocenters. The van der Waals surface area contributed by atoms with Crippen molar-refractivity contribution in [1.82, 2.24) is 15.2 Å². The number of para-hydroxylation sites is 1. The van der Waals surface area contributed by atoms with Gasteiger partial charge < -0.3 is 15.2 Å². The molecule has 1 aromatic heterocycles. The van der Waals surface area contributed by atoms with Gasteiger partial charge in [0, 0.05) is 30.1 Å². The summed E-state index contributed by atoms with van der Waals surface area (Å²) in [6.07, 6.45) is 5.52. The van der Waals surface area contributed by atoms with E-state index >= 15 is 0 Å². The van der Waals surface area contributed by atoms with Crippen LogP contribution in [0.2, 0.25) is 0 Å². The maximum atomic E-state index is 11.9. The Morgan fingerprint density at radius 2 is 1.96 bits per heavy atom. The fourth-order valence-corrected chi connectivity index (χ4v) is 2.94. The lowest BCUT2D eigenvalue weighted by Crippen LogP contribution is -2.29. The van der Waals surface area contributed by atoms with E-state index in [1.807, 2.05) is 6.07 Å². The molecule has 0 aliphatic heterocycles. The van der Waals surface area contributed by atoms with E-state index in [-0.39, 0.29) is 5.91 Å². The zero-order valence-corrected chi connectivity index (χ0v) is 14.4. The highest BCUT2D eigenvalue weighted by molar-refractivity contribution is 5.83. The summed E-state index contributed by atoms with van der Waals surface area (Å²) in [4.78, 5) is 17.5. The Morgan fingerprint density at radius 3 is 2.74 bits per heavy atom. The molecule has 0 unspecified atom stereocenters. The van der Waals surface area contributed by atoms with Gasteiger partial charge in [0.05, 0.1) is 0 Å². The van der Waals surface area contributed by atoms with Crippen LogP contribution in [0.25, 0.3) is 10.9 Å². The van der Waals surface area contributed by atoms with E-state index in [2.05, 4.69) is 53.4 Å². The zero-order valence-electron chi connectivity index (χ0n) is 14.4. The number of hydrogen-bond acceptors (Lipinski definition) is 2. The van der Waals surface area contributed by atoms with Gasteiger partial charge in [-0.3, -0.25) is 4.79 Å². The number of nitrogens with zero attached hydrogens (tertiary/aromatic N) is 1. The number of benzene rings is 1. The second-order valence-corrected chi connectivity index (χ2v) is 5.94. The van der Waals surface area contributed by atoms with Crippen molar-refractivity contribution in [3.8, 4) is 0 Å². The zero-order chi connectivity index (χ0) is 16.5. The van der Waals surface area contributed by atoms with Gasteiger partial charge in [0.15, 0.2) is 0 Å². The van der Waals surface area contributed by atoms with Crippen LogP contribution in [0, 0.1) is 0 Å². The van der Waals surface area contributed by atoms with Crippen LogP contribution in [0.4, 0.5) is 0 Å². The lowest BCUT2D eigenvalue weighted by atomic mass is 10.1. The number of aryl methyl sites for hydroxylation is 1. The standard InChI is InChI=1S/C19H29N3O/c1-3-22(4-2)14-8-13-20-19(23)12-7-9-16-15-21-18-11-6-5-10-17(16)18/h5-6,10-11,15,21H,3-4,7-9,12-14H2,1-2H3,(H,20,23). The minimum absolute atomic E-state index is 0.171. The smallest absolute Gasteiger partial charge is 0.220 e. The summed E-state index contributed by atoms with van der Waals surface area (Å²) >= 11 is 0. The average Bonchev–Trinajstić information content (AvgIpc) is 2.98. The van der Waals surface area contributed by atoms with E-state index in [1.54, 1.807) is 0 Å². The third kappa shape index (κ3) is 5.39. The van der Waals surface area contributed by atoms with E-state index in [9.17, 15) is 4.79 Å². The van der Waals surface area contributed by atoms with Gasteiger partial charge in [-0.2, -0.15) is 0 Å². The lowest BCUT2D eigenvalue weighted by Gasteiger charge is -2.17. The van der Waals surface area contributed by atoms with Crippen LogP contribution in [0.1, 0.15) is 38.7 Å². The third-order valence-corrected chi connectivity index (χ3v) is 4.39. The minimum Gasteiger partial charge on any atom is -0.361 e. The molecule has 0 aliphatic rings. The number of H-pyrrole nitrogens is 1. The Hall–Kier alpha value is -1.81. The van der Waals surface area contributed by atoms with Crippen molar-refractivity contribution >= 4 is 16.8 Å². The molecule has 0 saturated carbocycles. The molecule has 4 nitrogen and oxygen atoms in total. The lowest BCUT2D eigenvalue weighted by molar-refractivity contribution is -0.121. The number of fused-ring (bicyclic) bond motifs is 1. The number of carbonyl (C=O) groups is 1. The van der Waals surface area contributed by atoms with Gasteiger partial charge >= 0.3 is 0 Å². The van der Waals surface area contributed by atoms with Gasteiger partial charge in [0.25, 0.3) is 0 Å². The van der Waals surface area contributed by atoms with Gasteiger partial charge in [-0.1, -0.05) is 32.0 Å². The molecular formula is C19H29N3O. The first kappa shape index (κ1) is 17.5. The quantitative estimate of drug-likeness (QED) is 0.661. The summed E-state index contributed by atoms with van der Waals surface area (Å²) in [6.45, 7) is 8.34. The SMILES string of the molecule is CCN(CC)CCCNC(=O)CCCc1c[nH]c2ccccc12. The summed E-state index contributed by atoms with van der Waals surface area (Å²) in [5, 5.41) is 4.30. The highest BCUT2D eigenvalue weighted by atomic mass is 16.1. The van der Waals surface area contributed by atoms with Crippen LogP contribution in [-0.2, 0) is 11.2 Å². The number of hydrogen-bond donors (Lipinski definition) is 2. The largest absolute Gasteiger partial charge is 0.361 e. The summed E-state index contributed by atoms with van der Waals surface area (Å²) in [6, 6.07) is 8.31. The maximum Gasteiger partial charge on any atom is 0.220 e. The predicted molar refractivity (Wildman–Crippen MR) is 96.7 cm³/mol. The van der Waals surface area contributed by atoms with Crippen LogP contribution in [0.15, 0.2) is 30.5 Å². The van der Waals surface area contributed by atoms with Crippen molar-refractivity contribution in [2.75, 3.05) is 26.2 Å². The molecular weight excluding hydrogens is 286 g/mol. The highest BCUT2D eigenvalue weighted by Gasteiger charge is 2.05. The Kier molecular flexibility index (Phi) is 7.14. The normalized spacial score (nSPS) is 11.3. The van der Waals surface area contributed by atoms with Gasteiger partial charge in [-0.25, -0.2) is 0 Å². The maximum absolute atomic E-state index is 11.9. The molecule has 1 aromatic carbocycles. The van der Waals surface area contributed by atoms with Crippen LogP contribution in [-0.4, -0.2) is 42.0 Å². The van der Waals surface area contributed by atoms with Gasteiger partial charge in [-0.05, 0) is 50.5 Å². The van der Waals surface area contributed by atoms with Crippen molar-refractivity contribution in [3.05, 3.63) is 36.0 Å². The van der Waals surface area contributed by atoms with Crippen LogP contribution < -0.4 is 5.32 Å². The number of aromatic nitrogens is 1. The number of amides is 1. The number of rotatable bonds is 10. The molecule has 0 fully saturated rings. The highest BCUT2D eigenvalue weighted by Crippen LogP contribution is 2.19. The molecule has 0 radical (unpaired) electrons. The van der Waals surface area contributed by atoms with E-state index in [0.29, 0.717) is 6.42 Å². The van der Waals surface area contributed by atoms with Gasteiger partial charge in [0.1, 0.15) is 0 Å². The van der Waals surface area contributed by atoms with Crippen LogP contribution in [0.3, 0.4) is 0 Å². The van der Waals surface area contributed by atoms with E-state index in [1.165, 1.54) is 16.5 Å². The molecule has 0 saturated heterocycles. The predicted octanol–water partition coefficient (Wildman–Crippen LogP) is 3.34. The first-order valence-electron chi connectivity index (χ1n) is 8.78. The molecule has 2 rings (SSSR count). The third-order valence-electron chi connectivity index (χ3n) is 4.39. The molecule has 1 heterocycles. The minimum atomic E-state index is 0.171. The van der Waals surface area contributed by atoms with Crippen molar-refractivity contribution < 1.29 is 4.79 Å². The molecule has 1 amide bonds. The first-order chi connectivity index (χ1) is 11.2. The Bertz CT molecular complexity index is 601. The summed E-state index contributed by atoms with van der Waals surface area (Å²) < 4.78 is 0. The van der Waals surface area contributed by atoms with Crippen molar-refractivity contribution in [2.45, 2.75) is 39.5 Å². The molecule has 2 N–H and O–H groups in total. The molecule has 2 aromatic rings. The Labute approximate surface area is 139 Å². The molecule has 0 aliphatic carbocycles. The summed E-state index contributed by atoms with van der Waals surface area (Å²) in [7, 11) is 0. The Balaban J connectivity index is 1.63. The molecule has 0 bridgehead atoms. The van der Waals surface area contributed by atoms with Crippen LogP contribution in [0.5, 0.6) is 0 Å². The van der Waals surface area contributed by atoms with E-state index in [4.69, 9.17) is 0 Å². The molecule has 23 heavy (non-hydrogen) atoms. The average molecular weight is 315 g/mol. The topological polar surface area (TPSA) is 48.1 Å². The second-order valence-electron chi connectivity index (χ2n) is 5.94. The second kappa shape index (κ2) is 9.36. The number of carbonyl (C=O) groups excluding carboxylic acids is 1. The summed E-state index contributed by atoms with van der Waals surface area (Å²) in [5.74, 6) is 0.171. The van der Waals surface area contributed by atoms with Gasteiger partial charge in [-0.15, -0.1) is 0 Å². The fraction of sp³-hybridized carbons (Fsp3) is 0.526. The van der Waals surface area contributed by atoms with Gasteiger partial charge in [0.2, 0.25) is 5.91 Å². The van der Waals surface area contributed by atoms with Crippen molar-refractivity contribution in [3.63, 3.8) is 0 Å². The monoisotopic (exact) mass is 315 g/mol. The number of aromatic amines is 1. The summed E-state index contributed by atoms with van der Waals surface area (Å²) in [5.41, 5.74) is 2.47. The molecule has 4 heteroatoms. The fourth-order valence-electron chi connectivity index (χ4n) is 2.94. The van der Waals surface area contributed by atoms with Crippen LogP contribution >= 0.6 is 0 Å². The molecule has 0 spiro atoms.